The van der Waals surface area contributed by atoms with Crippen LogP contribution in [0.3, 0.4) is 0 Å². The summed E-state index contributed by atoms with van der Waals surface area (Å²) < 4.78 is 0.899. The Labute approximate surface area is 98.8 Å². The maximum atomic E-state index is 6.13. The molecule has 0 aromatic heterocycles. The summed E-state index contributed by atoms with van der Waals surface area (Å²) in [6.07, 6.45) is 0. The third-order valence-corrected chi connectivity index (χ3v) is 3.45. The van der Waals surface area contributed by atoms with Gasteiger partial charge >= 0.3 is 0 Å². The van der Waals surface area contributed by atoms with Crippen molar-refractivity contribution in [1.29, 1.82) is 0 Å². The number of hydrogen-bond acceptors (Lipinski definition) is 1. The first-order valence-corrected chi connectivity index (χ1v) is 5.70. The van der Waals surface area contributed by atoms with Crippen molar-refractivity contribution < 1.29 is 0 Å². The molecule has 1 aromatic carbocycles. The summed E-state index contributed by atoms with van der Waals surface area (Å²) in [6.45, 7) is 6.38. The maximum absolute atomic E-state index is 6.13. The standard InChI is InChI=1S/C11H15BrClN/c1-11(2,3)10(14)7-4-5-9(13)8(12)6-7/h4-6,10H,14H2,1-3H3/t10-/m1/s1. The Balaban J connectivity index is 3.03. The molecule has 0 spiro atoms. The van der Waals surface area contributed by atoms with E-state index >= 15 is 0 Å². The van der Waals surface area contributed by atoms with E-state index in [0.717, 1.165) is 15.1 Å². The van der Waals surface area contributed by atoms with Gasteiger partial charge in [-0.15, -0.1) is 0 Å². The second-order valence-corrected chi connectivity index (χ2v) is 5.78. The first kappa shape index (κ1) is 12.0. The number of halogens is 2. The highest BCUT2D eigenvalue weighted by Gasteiger charge is 2.22. The number of hydrogen-bond donors (Lipinski definition) is 1. The van der Waals surface area contributed by atoms with E-state index in [1.807, 2.05) is 18.2 Å². The summed E-state index contributed by atoms with van der Waals surface area (Å²) >= 11 is 9.31. The van der Waals surface area contributed by atoms with Gasteiger partial charge in [0.25, 0.3) is 0 Å². The van der Waals surface area contributed by atoms with Gasteiger partial charge in [0.2, 0.25) is 0 Å². The molecule has 0 amide bonds. The maximum Gasteiger partial charge on any atom is 0.0548 e. The van der Waals surface area contributed by atoms with Gasteiger partial charge in [0.05, 0.1) is 5.02 Å². The first-order chi connectivity index (χ1) is 6.32. The minimum atomic E-state index is 0.0241. The van der Waals surface area contributed by atoms with Crippen molar-refractivity contribution in [1.82, 2.24) is 0 Å². The largest absolute Gasteiger partial charge is 0.324 e. The van der Waals surface area contributed by atoms with Crippen LogP contribution in [0.1, 0.15) is 32.4 Å². The van der Waals surface area contributed by atoms with Crippen LogP contribution in [0.5, 0.6) is 0 Å². The van der Waals surface area contributed by atoms with Crippen LogP contribution >= 0.6 is 27.5 Å². The summed E-state index contributed by atoms with van der Waals surface area (Å²) in [5, 5.41) is 0.717. The second kappa shape index (κ2) is 4.21. The summed E-state index contributed by atoms with van der Waals surface area (Å²) in [7, 11) is 0. The van der Waals surface area contributed by atoms with Gasteiger partial charge in [0.1, 0.15) is 0 Å². The molecule has 1 atom stereocenters. The Hall–Kier alpha value is -0.0500. The third-order valence-electron chi connectivity index (χ3n) is 2.24. The molecule has 1 aromatic rings. The van der Waals surface area contributed by atoms with Crippen LogP contribution in [0.4, 0.5) is 0 Å². The zero-order valence-electron chi connectivity index (χ0n) is 8.64. The lowest BCUT2D eigenvalue weighted by Crippen LogP contribution is -2.26. The monoisotopic (exact) mass is 275 g/mol. The van der Waals surface area contributed by atoms with Crippen LogP contribution in [-0.4, -0.2) is 0 Å². The third kappa shape index (κ3) is 2.72. The van der Waals surface area contributed by atoms with E-state index in [1.165, 1.54) is 0 Å². The molecule has 0 aliphatic rings. The molecule has 2 N–H and O–H groups in total. The highest BCUT2D eigenvalue weighted by Crippen LogP contribution is 2.33. The fourth-order valence-corrected chi connectivity index (χ4v) is 1.72. The van der Waals surface area contributed by atoms with Crippen molar-refractivity contribution in [2.45, 2.75) is 26.8 Å². The molecule has 0 saturated heterocycles. The van der Waals surface area contributed by atoms with E-state index in [2.05, 4.69) is 36.7 Å². The average molecular weight is 277 g/mol. The lowest BCUT2D eigenvalue weighted by molar-refractivity contribution is 0.327. The van der Waals surface area contributed by atoms with Crippen LogP contribution in [0, 0.1) is 5.41 Å². The van der Waals surface area contributed by atoms with Crippen molar-refractivity contribution in [3.63, 3.8) is 0 Å². The van der Waals surface area contributed by atoms with Gasteiger partial charge in [-0.05, 0) is 39.0 Å². The van der Waals surface area contributed by atoms with Gasteiger partial charge in [-0.1, -0.05) is 38.4 Å². The highest BCUT2D eigenvalue weighted by atomic mass is 79.9. The van der Waals surface area contributed by atoms with Crippen LogP contribution < -0.4 is 5.73 Å². The van der Waals surface area contributed by atoms with E-state index in [9.17, 15) is 0 Å². The van der Waals surface area contributed by atoms with Gasteiger partial charge in [-0.3, -0.25) is 0 Å². The van der Waals surface area contributed by atoms with Crippen LogP contribution in [0.25, 0.3) is 0 Å². The van der Waals surface area contributed by atoms with E-state index < -0.39 is 0 Å². The van der Waals surface area contributed by atoms with Crippen molar-refractivity contribution >= 4 is 27.5 Å². The van der Waals surface area contributed by atoms with E-state index in [0.29, 0.717) is 0 Å². The smallest absolute Gasteiger partial charge is 0.0548 e. The van der Waals surface area contributed by atoms with Gasteiger partial charge in [-0.2, -0.15) is 0 Å². The highest BCUT2D eigenvalue weighted by molar-refractivity contribution is 9.10. The van der Waals surface area contributed by atoms with E-state index in [1.54, 1.807) is 0 Å². The topological polar surface area (TPSA) is 26.0 Å². The Kier molecular flexibility index (Phi) is 3.62. The number of benzene rings is 1. The average Bonchev–Trinajstić information content (AvgIpc) is 2.07. The number of rotatable bonds is 1. The van der Waals surface area contributed by atoms with Crippen molar-refractivity contribution in [2.75, 3.05) is 0 Å². The molecule has 0 aliphatic heterocycles. The van der Waals surface area contributed by atoms with Crippen molar-refractivity contribution in [3.05, 3.63) is 33.3 Å². The van der Waals surface area contributed by atoms with E-state index in [-0.39, 0.29) is 11.5 Å². The molecule has 1 nitrogen and oxygen atoms in total. The molecule has 14 heavy (non-hydrogen) atoms. The fourth-order valence-electron chi connectivity index (χ4n) is 1.21. The molecule has 0 saturated carbocycles. The minimum Gasteiger partial charge on any atom is -0.324 e. The second-order valence-electron chi connectivity index (χ2n) is 4.52. The first-order valence-electron chi connectivity index (χ1n) is 4.53. The SMILES string of the molecule is CC(C)(C)[C@H](N)c1ccc(Cl)c(Br)c1. The Bertz CT molecular complexity index is 331. The van der Waals surface area contributed by atoms with Crippen molar-refractivity contribution in [2.24, 2.45) is 11.1 Å². The van der Waals surface area contributed by atoms with Crippen LogP contribution in [0.2, 0.25) is 5.02 Å². The summed E-state index contributed by atoms with van der Waals surface area (Å²) in [5.41, 5.74) is 7.30. The van der Waals surface area contributed by atoms with Gasteiger partial charge in [0, 0.05) is 10.5 Å². The molecule has 78 valence electrons. The quantitative estimate of drug-likeness (QED) is 0.819. The van der Waals surface area contributed by atoms with E-state index in [4.69, 9.17) is 17.3 Å². The molecule has 0 unspecified atom stereocenters. The summed E-state index contributed by atoms with van der Waals surface area (Å²) in [6, 6.07) is 5.85. The molecule has 0 aliphatic carbocycles. The van der Waals surface area contributed by atoms with Gasteiger partial charge in [0.15, 0.2) is 0 Å². The Morgan fingerprint density at radius 3 is 2.36 bits per heavy atom. The minimum absolute atomic E-state index is 0.0241. The molecular weight excluding hydrogens is 261 g/mol. The Morgan fingerprint density at radius 2 is 1.93 bits per heavy atom. The number of nitrogens with two attached hydrogens (primary N) is 1. The summed E-state index contributed by atoms with van der Waals surface area (Å²) in [5.74, 6) is 0. The fraction of sp³-hybridized carbons (Fsp3) is 0.455. The van der Waals surface area contributed by atoms with Crippen LogP contribution in [0.15, 0.2) is 22.7 Å². The molecule has 0 fully saturated rings. The molecule has 1 rings (SSSR count). The lowest BCUT2D eigenvalue weighted by Gasteiger charge is -2.27. The summed E-state index contributed by atoms with van der Waals surface area (Å²) in [4.78, 5) is 0. The normalized spacial score (nSPS) is 14.1. The van der Waals surface area contributed by atoms with Crippen LogP contribution in [-0.2, 0) is 0 Å². The van der Waals surface area contributed by atoms with Crippen molar-refractivity contribution in [3.8, 4) is 0 Å². The predicted molar refractivity (Wildman–Crippen MR) is 65.5 cm³/mol. The zero-order valence-corrected chi connectivity index (χ0v) is 11.0. The Morgan fingerprint density at radius 1 is 1.36 bits per heavy atom. The molecule has 0 heterocycles. The van der Waals surface area contributed by atoms with Gasteiger partial charge in [-0.25, -0.2) is 0 Å². The lowest BCUT2D eigenvalue weighted by atomic mass is 9.83. The molecule has 3 heteroatoms. The zero-order chi connectivity index (χ0) is 10.9. The molecule has 0 bridgehead atoms. The molecule has 0 radical (unpaired) electrons. The van der Waals surface area contributed by atoms with Gasteiger partial charge < -0.3 is 5.73 Å². The predicted octanol–water partition coefficient (Wildman–Crippen LogP) is 4.15. The molecular formula is C11H15BrClN.